The molecule has 0 radical (unpaired) electrons. The van der Waals surface area contributed by atoms with Crippen molar-refractivity contribution in [2.75, 3.05) is 13.2 Å². The van der Waals surface area contributed by atoms with Crippen LogP contribution in [0.4, 0.5) is 0 Å². The summed E-state index contributed by atoms with van der Waals surface area (Å²) in [5, 5.41) is 10.1. The summed E-state index contributed by atoms with van der Waals surface area (Å²) in [4.78, 5) is 0. The van der Waals surface area contributed by atoms with Crippen LogP contribution in [0.15, 0.2) is 28.9 Å². The summed E-state index contributed by atoms with van der Waals surface area (Å²) in [6.45, 7) is 2.74. The van der Waals surface area contributed by atoms with E-state index in [-0.39, 0.29) is 0 Å². The molecule has 1 saturated heterocycles. The lowest BCUT2D eigenvalue weighted by Gasteiger charge is -2.22. The molecular formula is C15H15BrN2O. The SMILES string of the molecule is N#Cc1ccc2c(c1)c(Br)cn2CC1CCCOC1. The predicted molar refractivity (Wildman–Crippen MR) is 77.9 cm³/mol. The van der Waals surface area contributed by atoms with Gasteiger partial charge in [0.1, 0.15) is 0 Å². The third-order valence-electron chi connectivity index (χ3n) is 3.67. The molecule has 0 N–H and O–H groups in total. The number of aromatic nitrogens is 1. The minimum absolute atomic E-state index is 0.590. The zero-order valence-electron chi connectivity index (χ0n) is 10.6. The van der Waals surface area contributed by atoms with Crippen LogP contribution < -0.4 is 0 Å². The highest BCUT2D eigenvalue weighted by Crippen LogP contribution is 2.28. The fourth-order valence-corrected chi connectivity index (χ4v) is 3.27. The van der Waals surface area contributed by atoms with Gasteiger partial charge in [-0.25, -0.2) is 0 Å². The molecule has 2 heterocycles. The van der Waals surface area contributed by atoms with Crippen molar-refractivity contribution in [1.29, 1.82) is 5.26 Å². The number of ether oxygens (including phenoxy) is 1. The van der Waals surface area contributed by atoms with Crippen LogP contribution in [0.5, 0.6) is 0 Å². The Labute approximate surface area is 120 Å². The van der Waals surface area contributed by atoms with Gasteiger partial charge in [-0.15, -0.1) is 0 Å². The minimum Gasteiger partial charge on any atom is -0.381 e. The second-order valence-corrected chi connectivity index (χ2v) is 5.91. The molecule has 0 bridgehead atoms. The van der Waals surface area contributed by atoms with E-state index >= 15 is 0 Å². The summed E-state index contributed by atoms with van der Waals surface area (Å²) < 4.78 is 8.86. The molecule has 1 fully saturated rings. The number of hydrogen-bond donors (Lipinski definition) is 0. The molecule has 0 spiro atoms. The molecule has 1 aliphatic heterocycles. The lowest BCUT2D eigenvalue weighted by atomic mass is 10.0. The molecule has 0 saturated carbocycles. The number of benzene rings is 1. The highest BCUT2D eigenvalue weighted by molar-refractivity contribution is 9.10. The minimum atomic E-state index is 0.590. The van der Waals surface area contributed by atoms with Crippen LogP contribution in [0.2, 0.25) is 0 Å². The first-order valence-electron chi connectivity index (χ1n) is 6.54. The molecule has 2 aromatic rings. The fourth-order valence-electron chi connectivity index (χ4n) is 2.70. The summed E-state index contributed by atoms with van der Waals surface area (Å²) in [6.07, 6.45) is 4.50. The Morgan fingerprint density at radius 3 is 3.11 bits per heavy atom. The first kappa shape index (κ1) is 12.7. The van der Waals surface area contributed by atoms with Crippen molar-refractivity contribution in [3.63, 3.8) is 0 Å². The normalized spacial score (nSPS) is 19.5. The Bertz CT molecular complexity index is 635. The van der Waals surface area contributed by atoms with E-state index in [1.54, 1.807) is 0 Å². The van der Waals surface area contributed by atoms with Crippen LogP contribution in [-0.2, 0) is 11.3 Å². The highest BCUT2D eigenvalue weighted by Gasteiger charge is 2.16. The van der Waals surface area contributed by atoms with Crippen molar-refractivity contribution >= 4 is 26.8 Å². The standard InChI is InChI=1S/C15H15BrN2O/c16-14-9-18(8-12-2-1-5-19-10-12)15-4-3-11(7-17)6-13(14)15/h3-4,6,9,12H,1-2,5,8,10H2. The lowest BCUT2D eigenvalue weighted by molar-refractivity contribution is 0.0488. The van der Waals surface area contributed by atoms with Crippen molar-refractivity contribution in [2.45, 2.75) is 19.4 Å². The molecule has 0 amide bonds. The number of nitrogens with zero attached hydrogens (tertiary/aromatic N) is 2. The smallest absolute Gasteiger partial charge is 0.0991 e. The van der Waals surface area contributed by atoms with E-state index in [0.717, 1.165) is 36.0 Å². The molecule has 0 aliphatic carbocycles. The highest BCUT2D eigenvalue weighted by atomic mass is 79.9. The van der Waals surface area contributed by atoms with Crippen LogP contribution in [0.25, 0.3) is 10.9 Å². The van der Waals surface area contributed by atoms with Gasteiger partial charge < -0.3 is 9.30 Å². The van der Waals surface area contributed by atoms with Crippen molar-refractivity contribution in [3.8, 4) is 6.07 Å². The predicted octanol–water partition coefficient (Wildman–Crippen LogP) is 3.70. The summed E-state index contributed by atoms with van der Waals surface area (Å²) in [5.74, 6) is 0.590. The van der Waals surface area contributed by atoms with Gasteiger partial charge >= 0.3 is 0 Å². The molecule has 1 aromatic heterocycles. The summed E-state index contributed by atoms with van der Waals surface area (Å²) >= 11 is 3.58. The zero-order valence-corrected chi connectivity index (χ0v) is 12.2. The lowest BCUT2D eigenvalue weighted by Crippen LogP contribution is -2.21. The number of halogens is 1. The first-order chi connectivity index (χ1) is 9.28. The second-order valence-electron chi connectivity index (χ2n) is 5.06. The molecule has 1 atom stereocenters. The van der Waals surface area contributed by atoms with E-state index in [2.05, 4.69) is 32.8 Å². The summed E-state index contributed by atoms with van der Waals surface area (Å²) in [7, 11) is 0. The molecule has 98 valence electrons. The Morgan fingerprint density at radius 2 is 2.37 bits per heavy atom. The van der Waals surface area contributed by atoms with Crippen LogP contribution in [-0.4, -0.2) is 17.8 Å². The number of hydrogen-bond acceptors (Lipinski definition) is 2. The maximum Gasteiger partial charge on any atom is 0.0991 e. The van der Waals surface area contributed by atoms with Crippen LogP contribution >= 0.6 is 15.9 Å². The third kappa shape index (κ3) is 2.54. The van der Waals surface area contributed by atoms with Gasteiger partial charge in [-0.3, -0.25) is 0 Å². The quantitative estimate of drug-likeness (QED) is 0.846. The third-order valence-corrected chi connectivity index (χ3v) is 4.30. The van der Waals surface area contributed by atoms with E-state index in [1.807, 2.05) is 18.2 Å². The summed E-state index contributed by atoms with van der Waals surface area (Å²) in [5.41, 5.74) is 1.88. The van der Waals surface area contributed by atoms with E-state index in [9.17, 15) is 0 Å². The van der Waals surface area contributed by atoms with Gasteiger partial charge in [0.25, 0.3) is 0 Å². The number of rotatable bonds is 2. The second kappa shape index (κ2) is 5.36. The molecule has 3 nitrogen and oxygen atoms in total. The van der Waals surface area contributed by atoms with Crippen LogP contribution in [0.1, 0.15) is 18.4 Å². The maximum absolute atomic E-state index is 8.97. The van der Waals surface area contributed by atoms with Gasteiger partial charge in [0.2, 0.25) is 0 Å². The van der Waals surface area contributed by atoms with E-state index < -0.39 is 0 Å². The van der Waals surface area contributed by atoms with Gasteiger partial charge in [-0.1, -0.05) is 0 Å². The van der Waals surface area contributed by atoms with Gasteiger partial charge in [0, 0.05) is 40.6 Å². The molecule has 4 heteroatoms. The van der Waals surface area contributed by atoms with Crippen LogP contribution in [0, 0.1) is 17.2 Å². The molecule has 1 unspecified atom stereocenters. The van der Waals surface area contributed by atoms with E-state index in [1.165, 1.54) is 11.9 Å². The molecular weight excluding hydrogens is 304 g/mol. The van der Waals surface area contributed by atoms with Gasteiger partial charge in [-0.2, -0.15) is 5.26 Å². The van der Waals surface area contributed by atoms with Crippen molar-refractivity contribution in [1.82, 2.24) is 4.57 Å². The number of nitriles is 1. The zero-order chi connectivity index (χ0) is 13.2. The molecule has 1 aromatic carbocycles. The molecule has 19 heavy (non-hydrogen) atoms. The molecule has 1 aliphatic rings. The topological polar surface area (TPSA) is 38.0 Å². The van der Waals surface area contributed by atoms with Crippen molar-refractivity contribution < 1.29 is 4.74 Å². The van der Waals surface area contributed by atoms with Crippen LogP contribution in [0.3, 0.4) is 0 Å². The largest absolute Gasteiger partial charge is 0.381 e. The van der Waals surface area contributed by atoms with E-state index in [0.29, 0.717) is 11.5 Å². The Balaban J connectivity index is 1.93. The summed E-state index contributed by atoms with van der Waals surface area (Å²) in [6, 6.07) is 8.03. The Morgan fingerprint density at radius 1 is 1.47 bits per heavy atom. The van der Waals surface area contributed by atoms with Crippen molar-refractivity contribution in [3.05, 3.63) is 34.4 Å². The van der Waals surface area contributed by atoms with Gasteiger partial charge in [0.05, 0.1) is 18.2 Å². The number of fused-ring (bicyclic) bond motifs is 1. The maximum atomic E-state index is 8.97. The van der Waals surface area contributed by atoms with Crippen molar-refractivity contribution in [2.24, 2.45) is 5.92 Å². The average molecular weight is 319 g/mol. The Hall–Kier alpha value is -1.31. The first-order valence-corrected chi connectivity index (χ1v) is 7.33. The van der Waals surface area contributed by atoms with Gasteiger partial charge in [0.15, 0.2) is 0 Å². The van der Waals surface area contributed by atoms with Gasteiger partial charge in [-0.05, 0) is 47.0 Å². The monoisotopic (exact) mass is 318 g/mol. The molecule has 3 rings (SSSR count). The Kier molecular flexibility index (Phi) is 3.58. The van der Waals surface area contributed by atoms with E-state index in [4.69, 9.17) is 10.00 Å². The fraction of sp³-hybridized carbons (Fsp3) is 0.400. The average Bonchev–Trinajstić information content (AvgIpc) is 2.76.